The molecule has 0 aromatic rings. The summed E-state index contributed by atoms with van der Waals surface area (Å²) in [5, 5.41) is 2.66. The number of rotatable bonds is 9. The van der Waals surface area contributed by atoms with E-state index < -0.39 is 17.1 Å². The number of carbonyl (C=O) groups is 1. The summed E-state index contributed by atoms with van der Waals surface area (Å²) in [6.07, 6.45) is 1.36. The normalized spacial score (nSPS) is 17.9. The van der Waals surface area contributed by atoms with Crippen molar-refractivity contribution in [2.45, 2.75) is 44.9 Å². The third-order valence-electron chi connectivity index (χ3n) is 2.48. The third-order valence-corrected chi connectivity index (χ3v) is 8.56. The van der Waals surface area contributed by atoms with Crippen LogP contribution in [0, 0.1) is 0 Å². The van der Waals surface area contributed by atoms with Gasteiger partial charge in [0.15, 0.2) is 0 Å². The van der Waals surface area contributed by atoms with E-state index in [0.717, 1.165) is 0 Å². The zero-order chi connectivity index (χ0) is 14.2. The Kier molecular flexibility index (Phi) is 7.91. The minimum Gasteiger partial charge on any atom is -0.415 e. The fourth-order valence-electron chi connectivity index (χ4n) is 1.69. The number of hydrogen-bond donors (Lipinski definition) is 4. The Labute approximate surface area is 111 Å². The monoisotopic (exact) mass is 294 g/mol. The molecule has 0 rings (SSSR count). The molecule has 5 N–H and O–H groups in total. The molecule has 0 heterocycles. The molecule has 2 atom stereocenters. The molecule has 0 spiro atoms. The van der Waals surface area contributed by atoms with Crippen molar-refractivity contribution >= 4 is 23.0 Å². The second-order valence-corrected chi connectivity index (χ2v) is 11.4. The van der Waals surface area contributed by atoms with Gasteiger partial charge in [-0.3, -0.25) is 4.79 Å². The number of nitrogens with two attached hydrogens (primary N) is 1. The highest BCUT2D eigenvalue weighted by Gasteiger charge is 2.37. The smallest absolute Gasteiger partial charge is 0.323 e. The fourth-order valence-corrected chi connectivity index (χ4v) is 7.99. The van der Waals surface area contributed by atoms with E-state index in [-0.39, 0.29) is 5.91 Å². The Hall–Kier alpha value is -0.256. The van der Waals surface area contributed by atoms with Crippen LogP contribution in [0.2, 0.25) is 25.2 Å². The molecule has 2 unspecified atom stereocenters. The summed E-state index contributed by atoms with van der Waals surface area (Å²) in [7, 11) is -5.64. The van der Waals surface area contributed by atoms with E-state index in [9.17, 15) is 14.4 Å². The number of nitrogens with one attached hydrogen (secondary N) is 1. The van der Waals surface area contributed by atoms with Crippen LogP contribution in [-0.4, -0.2) is 45.7 Å². The predicted octanol–water partition coefficient (Wildman–Crippen LogP) is 0.00660. The molecule has 6 nitrogen and oxygen atoms in total. The van der Waals surface area contributed by atoms with Crippen LogP contribution in [0.25, 0.3) is 0 Å². The van der Waals surface area contributed by atoms with Crippen molar-refractivity contribution in [3.63, 3.8) is 0 Å². The Morgan fingerprint density at radius 2 is 1.72 bits per heavy atom. The van der Waals surface area contributed by atoms with Crippen LogP contribution in [0.1, 0.15) is 19.8 Å². The largest absolute Gasteiger partial charge is 0.415 e. The van der Waals surface area contributed by atoms with Gasteiger partial charge in [-0.05, 0) is 44.6 Å². The van der Waals surface area contributed by atoms with Gasteiger partial charge in [0.2, 0.25) is 5.91 Å². The summed E-state index contributed by atoms with van der Waals surface area (Å²) in [5.74, 6) is -0.0819. The van der Waals surface area contributed by atoms with E-state index in [4.69, 9.17) is 9.85 Å². The van der Waals surface area contributed by atoms with E-state index >= 15 is 0 Å². The first-order chi connectivity index (χ1) is 8.18. The highest BCUT2D eigenvalue weighted by molar-refractivity contribution is 6.78. The molecule has 0 saturated heterocycles. The van der Waals surface area contributed by atoms with Gasteiger partial charge in [0.25, 0.3) is 0 Å². The van der Waals surface area contributed by atoms with Gasteiger partial charge in [0, 0.05) is 13.5 Å². The summed E-state index contributed by atoms with van der Waals surface area (Å²) in [6.45, 7) is 5.84. The van der Waals surface area contributed by atoms with E-state index in [2.05, 4.69) is 5.32 Å². The van der Waals surface area contributed by atoms with Crippen LogP contribution in [0.4, 0.5) is 0 Å². The van der Waals surface area contributed by atoms with Crippen molar-refractivity contribution in [3.05, 3.63) is 0 Å². The van der Waals surface area contributed by atoms with Gasteiger partial charge < -0.3 is 24.8 Å². The van der Waals surface area contributed by atoms with Gasteiger partial charge >= 0.3 is 17.1 Å². The van der Waals surface area contributed by atoms with E-state index in [1.165, 1.54) is 6.92 Å². The molecule has 18 heavy (non-hydrogen) atoms. The summed E-state index contributed by atoms with van der Waals surface area (Å²) >= 11 is 0. The minimum absolute atomic E-state index is 0.0819. The highest BCUT2D eigenvalue weighted by atomic mass is 28.5. The van der Waals surface area contributed by atoms with Crippen LogP contribution in [0.5, 0.6) is 0 Å². The van der Waals surface area contributed by atoms with Gasteiger partial charge in [-0.15, -0.1) is 0 Å². The summed E-state index contributed by atoms with van der Waals surface area (Å²) in [6, 6.07) is 1.04. The Morgan fingerprint density at radius 1 is 1.22 bits per heavy atom. The molecule has 0 fully saturated rings. The minimum atomic E-state index is -2.84. The first-order valence-electron chi connectivity index (χ1n) is 6.28. The van der Waals surface area contributed by atoms with Crippen LogP contribution < -0.4 is 11.1 Å². The molecule has 1 amide bonds. The van der Waals surface area contributed by atoms with E-state index in [0.29, 0.717) is 38.0 Å². The van der Waals surface area contributed by atoms with Crippen molar-refractivity contribution < 1.29 is 18.5 Å². The molecule has 0 aliphatic rings. The zero-order valence-corrected chi connectivity index (χ0v) is 13.5. The Morgan fingerprint density at radius 3 is 2.17 bits per heavy atom. The van der Waals surface area contributed by atoms with E-state index in [1.54, 1.807) is 13.1 Å². The molecule has 0 aromatic carbocycles. The van der Waals surface area contributed by atoms with Crippen molar-refractivity contribution in [3.8, 4) is 0 Å². The van der Waals surface area contributed by atoms with Gasteiger partial charge in [-0.1, -0.05) is 0 Å². The van der Waals surface area contributed by atoms with Crippen LogP contribution in [-0.2, 0) is 8.91 Å². The second kappa shape index (κ2) is 8.02. The van der Waals surface area contributed by atoms with Crippen molar-refractivity contribution in [1.29, 1.82) is 0 Å². The molecule has 0 radical (unpaired) electrons. The van der Waals surface area contributed by atoms with Gasteiger partial charge in [0.05, 0.1) is 0 Å². The highest BCUT2D eigenvalue weighted by Crippen LogP contribution is 2.19. The lowest BCUT2D eigenvalue weighted by Crippen LogP contribution is -2.49. The molecule has 0 saturated carbocycles. The average molecular weight is 295 g/mol. The fraction of sp³-hybridized carbons (Fsp3) is 0.900. The Bertz CT molecular complexity index is 262. The van der Waals surface area contributed by atoms with Gasteiger partial charge in [-0.2, -0.15) is 0 Å². The van der Waals surface area contributed by atoms with Crippen LogP contribution in [0.15, 0.2) is 0 Å². The number of hydrogen-bond acceptors (Lipinski definition) is 5. The molecule has 0 bridgehead atoms. The summed E-state index contributed by atoms with van der Waals surface area (Å²) in [4.78, 5) is 30.9. The van der Waals surface area contributed by atoms with Gasteiger partial charge in [-0.25, -0.2) is 0 Å². The quantitative estimate of drug-likeness (QED) is 0.354. The molecule has 0 aliphatic heterocycles. The maximum absolute atomic E-state index is 10.7. The van der Waals surface area contributed by atoms with Crippen molar-refractivity contribution in [2.75, 3.05) is 13.1 Å². The zero-order valence-electron chi connectivity index (χ0n) is 11.5. The third kappa shape index (κ3) is 9.74. The number of amides is 1. The first-order valence-corrected chi connectivity index (χ1v) is 11.4. The maximum Gasteiger partial charge on any atom is 0.323 e. The molecule has 0 aromatic heterocycles. The lowest BCUT2D eigenvalue weighted by Gasteiger charge is -2.30. The number of carbonyl (C=O) groups excluding carboxylic acids is 1. The first kappa shape index (κ1) is 17.7. The standard InChI is InChI=1S/C10H26N2O4Si2/c1-10(13)12-7-5-9-18(3,15)16-17(2,14)8-4-6-11/h14-15H,4-9,11H2,1-3H3,(H,12,13). The van der Waals surface area contributed by atoms with Crippen LogP contribution >= 0.6 is 0 Å². The molecular formula is C10H26N2O4Si2. The maximum atomic E-state index is 10.7. The summed E-state index contributed by atoms with van der Waals surface area (Å²) < 4.78 is 5.56. The molecule has 108 valence electrons. The van der Waals surface area contributed by atoms with Crippen LogP contribution in [0.3, 0.4) is 0 Å². The molecule has 8 heteroatoms. The topological polar surface area (TPSA) is 105 Å². The van der Waals surface area contributed by atoms with Gasteiger partial charge in [0.1, 0.15) is 0 Å². The van der Waals surface area contributed by atoms with Crippen molar-refractivity contribution in [2.24, 2.45) is 5.73 Å². The SMILES string of the molecule is CC(=O)NCCC[Si](C)(O)O[Si](C)(O)CCCN. The summed E-state index contributed by atoms with van der Waals surface area (Å²) in [5.41, 5.74) is 5.39. The van der Waals surface area contributed by atoms with E-state index in [1.807, 2.05) is 0 Å². The lowest BCUT2D eigenvalue weighted by molar-refractivity contribution is -0.118. The van der Waals surface area contributed by atoms with Crippen molar-refractivity contribution in [1.82, 2.24) is 5.32 Å². The lowest BCUT2D eigenvalue weighted by atomic mass is 10.5. The predicted molar refractivity (Wildman–Crippen MR) is 75.3 cm³/mol. The second-order valence-electron chi connectivity index (χ2n) is 4.93. The Balaban J connectivity index is 4.00. The average Bonchev–Trinajstić information content (AvgIpc) is 2.20. The molecule has 0 aliphatic carbocycles. The molecular weight excluding hydrogens is 268 g/mol.